The molecular weight excluding hydrogens is 112 g/mol. The van der Waals surface area contributed by atoms with Crippen molar-refractivity contribution in [3.05, 3.63) is 0 Å². The largest absolute Gasteiger partial charge is 0.393 e. The summed E-state index contributed by atoms with van der Waals surface area (Å²) in [4.78, 5) is 0. The van der Waals surface area contributed by atoms with E-state index in [1.807, 2.05) is 0 Å². The molecule has 0 aromatic heterocycles. The maximum absolute atomic E-state index is 9.13. The minimum atomic E-state index is 0.0292. The normalized spacial score (nSPS) is 35.3. The van der Waals surface area contributed by atoms with Gasteiger partial charge in [-0.3, -0.25) is 0 Å². The van der Waals surface area contributed by atoms with E-state index >= 15 is 0 Å². The third kappa shape index (κ3) is 1.98. The summed E-state index contributed by atoms with van der Waals surface area (Å²) in [5.41, 5.74) is 0. The van der Waals surface area contributed by atoms with Crippen LogP contribution in [0, 0.1) is 5.92 Å². The Morgan fingerprint density at radius 3 is 2.67 bits per heavy atom. The van der Waals surface area contributed by atoms with Crippen LogP contribution in [0.5, 0.6) is 0 Å². The van der Waals surface area contributed by atoms with E-state index in [-0.39, 0.29) is 6.10 Å². The van der Waals surface area contributed by atoms with Crippen LogP contribution < -0.4 is 0 Å². The second-order valence-corrected chi connectivity index (χ2v) is 3.12. The van der Waals surface area contributed by atoms with Gasteiger partial charge in [0.25, 0.3) is 0 Å². The third-order valence-corrected chi connectivity index (χ3v) is 2.21. The van der Waals surface area contributed by atoms with Crippen molar-refractivity contribution in [1.82, 2.24) is 0 Å². The Bertz CT molecular complexity index is 78.6. The summed E-state index contributed by atoms with van der Waals surface area (Å²) in [6.07, 6.45) is 5.99. The molecule has 54 valence electrons. The number of hydrogen-bond acceptors (Lipinski definition) is 1. The van der Waals surface area contributed by atoms with E-state index < -0.39 is 0 Å². The molecular formula is C8H16O. The lowest BCUT2D eigenvalue weighted by Crippen LogP contribution is -1.99. The molecule has 1 rings (SSSR count). The fraction of sp³-hybridized carbons (Fsp3) is 1.00. The highest BCUT2D eigenvalue weighted by Crippen LogP contribution is 2.28. The molecule has 1 aliphatic rings. The van der Waals surface area contributed by atoms with Crippen molar-refractivity contribution in [1.29, 1.82) is 0 Å². The Hall–Kier alpha value is -0.0400. The van der Waals surface area contributed by atoms with Crippen LogP contribution in [-0.4, -0.2) is 11.2 Å². The molecule has 1 saturated carbocycles. The van der Waals surface area contributed by atoms with Gasteiger partial charge in [0.2, 0.25) is 0 Å². The fourth-order valence-corrected chi connectivity index (χ4v) is 1.72. The Morgan fingerprint density at radius 1 is 1.44 bits per heavy atom. The topological polar surface area (TPSA) is 20.2 Å². The lowest BCUT2D eigenvalue weighted by atomic mass is 10.0. The van der Waals surface area contributed by atoms with Gasteiger partial charge < -0.3 is 5.11 Å². The molecule has 0 amide bonds. The third-order valence-electron chi connectivity index (χ3n) is 2.21. The molecule has 0 aliphatic heterocycles. The summed E-state index contributed by atoms with van der Waals surface area (Å²) in [7, 11) is 0. The number of rotatable bonds is 2. The number of hydrogen-bond donors (Lipinski definition) is 1. The molecule has 1 aliphatic carbocycles. The average molecular weight is 128 g/mol. The first-order valence-electron chi connectivity index (χ1n) is 4.01. The molecule has 0 aromatic carbocycles. The van der Waals surface area contributed by atoms with E-state index in [1.165, 1.54) is 19.3 Å². The predicted octanol–water partition coefficient (Wildman–Crippen LogP) is 1.95. The molecule has 1 nitrogen and oxygen atoms in total. The Morgan fingerprint density at radius 2 is 2.22 bits per heavy atom. The fourth-order valence-electron chi connectivity index (χ4n) is 1.72. The van der Waals surface area contributed by atoms with Crippen LogP contribution in [0.25, 0.3) is 0 Å². The van der Waals surface area contributed by atoms with E-state index in [0.29, 0.717) is 0 Å². The van der Waals surface area contributed by atoms with Gasteiger partial charge in [-0.1, -0.05) is 19.8 Å². The Kier molecular flexibility index (Phi) is 2.52. The van der Waals surface area contributed by atoms with Crippen LogP contribution in [0.4, 0.5) is 0 Å². The highest BCUT2D eigenvalue weighted by Gasteiger charge is 2.21. The summed E-state index contributed by atoms with van der Waals surface area (Å²) < 4.78 is 0. The molecule has 0 radical (unpaired) electrons. The first kappa shape index (κ1) is 7.07. The zero-order chi connectivity index (χ0) is 6.69. The van der Waals surface area contributed by atoms with Crippen LogP contribution in [-0.2, 0) is 0 Å². The van der Waals surface area contributed by atoms with Gasteiger partial charge in [-0.2, -0.15) is 0 Å². The summed E-state index contributed by atoms with van der Waals surface area (Å²) in [6.45, 7) is 2.21. The van der Waals surface area contributed by atoms with Gasteiger partial charge in [-0.05, 0) is 25.2 Å². The minimum absolute atomic E-state index is 0.0292. The molecule has 0 heterocycles. The van der Waals surface area contributed by atoms with E-state index in [0.717, 1.165) is 18.8 Å². The van der Waals surface area contributed by atoms with Gasteiger partial charge >= 0.3 is 0 Å². The SMILES string of the molecule is CCCC1CC[C@@H](O)C1. The monoisotopic (exact) mass is 128 g/mol. The summed E-state index contributed by atoms with van der Waals surface area (Å²) in [5.74, 6) is 0.838. The van der Waals surface area contributed by atoms with Crippen molar-refractivity contribution in [2.24, 2.45) is 5.92 Å². The van der Waals surface area contributed by atoms with E-state index in [9.17, 15) is 0 Å². The molecule has 1 unspecified atom stereocenters. The average Bonchev–Trinajstić information content (AvgIpc) is 2.17. The van der Waals surface area contributed by atoms with Crippen molar-refractivity contribution in [2.75, 3.05) is 0 Å². The van der Waals surface area contributed by atoms with Crippen molar-refractivity contribution >= 4 is 0 Å². The highest BCUT2D eigenvalue weighted by molar-refractivity contribution is 4.73. The zero-order valence-corrected chi connectivity index (χ0v) is 6.14. The van der Waals surface area contributed by atoms with E-state index in [2.05, 4.69) is 6.92 Å². The highest BCUT2D eigenvalue weighted by atomic mass is 16.3. The van der Waals surface area contributed by atoms with Crippen molar-refractivity contribution in [2.45, 2.75) is 45.1 Å². The van der Waals surface area contributed by atoms with E-state index in [4.69, 9.17) is 5.11 Å². The number of aliphatic hydroxyl groups is 1. The van der Waals surface area contributed by atoms with Crippen LogP contribution >= 0.6 is 0 Å². The maximum Gasteiger partial charge on any atom is 0.0543 e. The molecule has 0 spiro atoms. The molecule has 2 atom stereocenters. The lowest BCUT2D eigenvalue weighted by molar-refractivity contribution is 0.177. The second-order valence-electron chi connectivity index (χ2n) is 3.12. The molecule has 0 aromatic rings. The van der Waals surface area contributed by atoms with Crippen LogP contribution in [0.1, 0.15) is 39.0 Å². The van der Waals surface area contributed by atoms with Gasteiger partial charge in [0.05, 0.1) is 6.10 Å². The molecule has 1 N–H and O–H groups in total. The van der Waals surface area contributed by atoms with Gasteiger partial charge in [-0.25, -0.2) is 0 Å². The molecule has 9 heavy (non-hydrogen) atoms. The van der Waals surface area contributed by atoms with Crippen molar-refractivity contribution in [3.63, 3.8) is 0 Å². The zero-order valence-electron chi connectivity index (χ0n) is 6.14. The van der Waals surface area contributed by atoms with Crippen LogP contribution in [0.2, 0.25) is 0 Å². The lowest BCUT2D eigenvalue weighted by Gasteiger charge is -2.04. The maximum atomic E-state index is 9.13. The van der Waals surface area contributed by atoms with Crippen LogP contribution in [0.3, 0.4) is 0 Å². The Labute approximate surface area is 57.1 Å². The second kappa shape index (κ2) is 3.21. The summed E-state index contributed by atoms with van der Waals surface area (Å²) >= 11 is 0. The first-order valence-corrected chi connectivity index (χ1v) is 4.01. The molecule has 1 heteroatoms. The molecule has 1 fully saturated rings. The summed E-state index contributed by atoms with van der Waals surface area (Å²) in [6, 6.07) is 0. The summed E-state index contributed by atoms with van der Waals surface area (Å²) in [5, 5.41) is 9.13. The first-order chi connectivity index (χ1) is 4.33. The van der Waals surface area contributed by atoms with Gasteiger partial charge in [0.15, 0.2) is 0 Å². The molecule has 0 bridgehead atoms. The van der Waals surface area contributed by atoms with Crippen LogP contribution in [0.15, 0.2) is 0 Å². The number of aliphatic hydroxyl groups excluding tert-OH is 1. The van der Waals surface area contributed by atoms with Gasteiger partial charge in [-0.15, -0.1) is 0 Å². The quantitative estimate of drug-likeness (QED) is 0.602. The van der Waals surface area contributed by atoms with Crippen molar-refractivity contribution < 1.29 is 5.11 Å². The standard InChI is InChI=1S/C8H16O/c1-2-3-7-4-5-8(9)6-7/h7-9H,2-6H2,1H3/t7?,8-/m1/s1. The van der Waals surface area contributed by atoms with E-state index in [1.54, 1.807) is 0 Å². The smallest absolute Gasteiger partial charge is 0.0543 e. The minimum Gasteiger partial charge on any atom is -0.393 e. The van der Waals surface area contributed by atoms with Gasteiger partial charge in [0.1, 0.15) is 0 Å². The molecule has 0 saturated heterocycles. The van der Waals surface area contributed by atoms with Gasteiger partial charge in [0, 0.05) is 0 Å². The van der Waals surface area contributed by atoms with Crippen molar-refractivity contribution in [3.8, 4) is 0 Å². The predicted molar refractivity (Wildman–Crippen MR) is 38.3 cm³/mol. The Balaban J connectivity index is 2.14.